The van der Waals surface area contributed by atoms with Crippen LogP contribution in [0.3, 0.4) is 0 Å². The Labute approximate surface area is 119 Å². The third kappa shape index (κ3) is 2.86. The van der Waals surface area contributed by atoms with Crippen molar-refractivity contribution in [2.45, 2.75) is 38.6 Å². The second kappa shape index (κ2) is 5.83. The lowest BCUT2D eigenvalue weighted by Crippen LogP contribution is -2.39. The van der Waals surface area contributed by atoms with Crippen molar-refractivity contribution in [3.8, 4) is 0 Å². The van der Waals surface area contributed by atoms with Crippen molar-refractivity contribution < 1.29 is 9.90 Å². The van der Waals surface area contributed by atoms with Gasteiger partial charge < -0.3 is 10.0 Å². The van der Waals surface area contributed by atoms with Gasteiger partial charge >= 0.3 is 5.97 Å². The normalized spacial score (nSPS) is 23.1. The molecule has 1 N–H and O–H groups in total. The Balaban J connectivity index is 2.37. The molecule has 2 atom stereocenters. The minimum atomic E-state index is -0.923. The van der Waals surface area contributed by atoms with Gasteiger partial charge in [-0.05, 0) is 30.9 Å². The van der Waals surface area contributed by atoms with Gasteiger partial charge in [0.25, 0.3) is 0 Å². The zero-order valence-electron chi connectivity index (χ0n) is 11.4. The van der Waals surface area contributed by atoms with Crippen LogP contribution in [0.15, 0.2) is 18.2 Å². The van der Waals surface area contributed by atoms with E-state index in [0.717, 1.165) is 6.42 Å². The number of hydrogen-bond acceptors (Lipinski definition) is 2. The molecule has 1 aliphatic rings. The van der Waals surface area contributed by atoms with Gasteiger partial charge in [0.1, 0.15) is 0 Å². The number of nitrogens with zero attached hydrogens (tertiary/aromatic N) is 1. The number of anilines is 1. The van der Waals surface area contributed by atoms with Gasteiger partial charge in [0.2, 0.25) is 0 Å². The average molecular weight is 282 g/mol. The van der Waals surface area contributed by atoms with E-state index in [2.05, 4.69) is 11.8 Å². The Hall–Kier alpha value is -1.22. The first-order valence-corrected chi connectivity index (χ1v) is 7.14. The third-order valence-corrected chi connectivity index (χ3v) is 4.44. The second-order valence-corrected chi connectivity index (χ2v) is 5.79. The average Bonchev–Trinajstić information content (AvgIpc) is 2.38. The molecule has 0 saturated heterocycles. The standard InChI is InChI=1S/C15H20ClNO2/c1-10-6-3-4-9-13(10)17(2)14-11(15(18)19)7-5-8-12(14)16/h5,7-8,10,13H,3-4,6,9H2,1-2H3,(H,18,19). The van der Waals surface area contributed by atoms with Gasteiger partial charge in [-0.15, -0.1) is 0 Å². The van der Waals surface area contributed by atoms with Crippen LogP contribution in [0.25, 0.3) is 0 Å². The number of para-hydroxylation sites is 1. The molecule has 3 nitrogen and oxygen atoms in total. The molecule has 1 aromatic carbocycles. The van der Waals surface area contributed by atoms with Gasteiger partial charge in [0.15, 0.2) is 0 Å². The smallest absolute Gasteiger partial charge is 0.337 e. The van der Waals surface area contributed by atoms with Crippen molar-refractivity contribution in [2.75, 3.05) is 11.9 Å². The molecule has 0 heterocycles. The lowest BCUT2D eigenvalue weighted by Gasteiger charge is -2.38. The lowest BCUT2D eigenvalue weighted by molar-refractivity contribution is 0.0697. The summed E-state index contributed by atoms with van der Waals surface area (Å²) in [6.07, 6.45) is 4.76. The quantitative estimate of drug-likeness (QED) is 0.908. The van der Waals surface area contributed by atoms with E-state index < -0.39 is 5.97 Å². The van der Waals surface area contributed by atoms with E-state index in [-0.39, 0.29) is 5.56 Å². The predicted octanol–water partition coefficient (Wildman–Crippen LogP) is 4.05. The molecule has 0 spiro atoms. The number of rotatable bonds is 3. The van der Waals surface area contributed by atoms with Gasteiger partial charge in [-0.3, -0.25) is 0 Å². The molecule has 2 unspecified atom stereocenters. The second-order valence-electron chi connectivity index (χ2n) is 5.38. The summed E-state index contributed by atoms with van der Waals surface area (Å²) in [5.74, 6) is -0.357. The van der Waals surface area contributed by atoms with Crippen molar-refractivity contribution in [3.63, 3.8) is 0 Å². The molecule has 0 amide bonds. The first-order valence-electron chi connectivity index (χ1n) is 6.77. The summed E-state index contributed by atoms with van der Waals surface area (Å²) in [4.78, 5) is 13.4. The molecule has 1 fully saturated rings. The largest absolute Gasteiger partial charge is 0.478 e. The molecule has 1 saturated carbocycles. The minimum Gasteiger partial charge on any atom is -0.478 e. The molecule has 4 heteroatoms. The number of benzene rings is 1. The highest BCUT2D eigenvalue weighted by Crippen LogP contribution is 2.36. The molecule has 2 rings (SSSR count). The van der Waals surface area contributed by atoms with Crippen LogP contribution in [0.5, 0.6) is 0 Å². The van der Waals surface area contributed by atoms with Crippen molar-refractivity contribution >= 4 is 23.3 Å². The molecule has 0 radical (unpaired) electrons. The number of aromatic carboxylic acids is 1. The number of carboxylic acid groups (broad SMARTS) is 1. The summed E-state index contributed by atoms with van der Waals surface area (Å²) in [6, 6.07) is 5.43. The molecule has 0 aliphatic heterocycles. The van der Waals surface area contributed by atoms with Crippen LogP contribution in [-0.4, -0.2) is 24.2 Å². The fraction of sp³-hybridized carbons (Fsp3) is 0.533. The Kier molecular flexibility index (Phi) is 4.35. The topological polar surface area (TPSA) is 40.5 Å². The third-order valence-electron chi connectivity index (χ3n) is 4.13. The molecule has 19 heavy (non-hydrogen) atoms. The van der Waals surface area contributed by atoms with E-state index in [1.807, 2.05) is 7.05 Å². The summed E-state index contributed by atoms with van der Waals surface area (Å²) >= 11 is 6.23. The summed E-state index contributed by atoms with van der Waals surface area (Å²) in [5.41, 5.74) is 0.934. The highest BCUT2D eigenvalue weighted by molar-refractivity contribution is 6.34. The fourth-order valence-electron chi connectivity index (χ4n) is 3.08. The van der Waals surface area contributed by atoms with Gasteiger partial charge in [-0.2, -0.15) is 0 Å². The SMILES string of the molecule is CC1CCCCC1N(C)c1c(Cl)cccc1C(=O)O. The van der Waals surface area contributed by atoms with E-state index in [9.17, 15) is 9.90 Å². The van der Waals surface area contributed by atoms with Crippen molar-refractivity contribution in [1.29, 1.82) is 0 Å². The first kappa shape index (κ1) is 14.2. The van der Waals surface area contributed by atoms with Crippen molar-refractivity contribution in [3.05, 3.63) is 28.8 Å². The maximum atomic E-state index is 11.4. The van der Waals surface area contributed by atoms with E-state index in [1.165, 1.54) is 19.3 Å². The van der Waals surface area contributed by atoms with Gasteiger partial charge in [0, 0.05) is 13.1 Å². The highest BCUT2D eigenvalue weighted by Gasteiger charge is 2.28. The van der Waals surface area contributed by atoms with E-state index >= 15 is 0 Å². The Morgan fingerprint density at radius 2 is 2.05 bits per heavy atom. The van der Waals surface area contributed by atoms with Crippen LogP contribution in [0.1, 0.15) is 43.0 Å². The maximum Gasteiger partial charge on any atom is 0.337 e. The van der Waals surface area contributed by atoms with Crippen LogP contribution in [-0.2, 0) is 0 Å². The van der Waals surface area contributed by atoms with Crippen LogP contribution < -0.4 is 4.90 Å². The minimum absolute atomic E-state index is 0.285. The van der Waals surface area contributed by atoms with Crippen LogP contribution in [0.4, 0.5) is 5.69 Å². The first-order chi connectivity index (χ1) is 9.02. The Bertz CT molecular complexity index is 475. The summed E-state index contributed by atoms with van der Waals surface area (Å²) in [6.45, 7) is 2.23. The van der Waals surface area contributed by atoms with Gasteiger partial charge in [0.05, 0.1) is 16.3 Å². The highest BCUT2D eigenvalue weighted by atomic mass is 35.5. The van der Waals surface area contributed by atoms with Crippen LogP contribution in [0.2, 0.25) is 5.02 Å². The van der Waals surface area contributed by atoms with Crippen LogP contribution >= 0.6 is 11.6 Å². The number of carboxylic acids is 1. The van der Waals surface area contributed by atoms with E-state index in [0.29, 0.717) is 22.7 Å². The monoisotopic (exact) mass is 281 g/mol. The zero-order chi connectivity index (χ0) is 14.0. The summed E-state index contributed by atoms with van der Waals surface area (Å²) in [7, 11) is 1.96. The van der Waals surface area contributed by atoms with E-state index in [4.69, 9.17) is 11.6 Å². The lowest BCUT2D eigenvalue weighted by atomic mass is 9.84. The molecule has 0 bridgehead atoms. The van der Waals surface area contributed by atoms with Crippen LogP contribution in [0, 0.1) is 5.92 Å². The molecule has 1 aliphatic carbocycles. The summed E-state index contributed by atoms with van der Waals surface area (Å²) < 4.78 is 0. The fourth-order valence-corrected chi connectivity index (χ4v) is 3.39. The molecular formula is C15H20ClNO2. The van der Waals surface area contributed by atoms with Gasteiger partial charge in [-0.25, -0.2) is 4.79 Å². The van der Waals surface area contributed by atoms with Crippen molar-refractivity contribution in [2.24, 2.45) is 5.92 Å². The van der Waals surface area contributed by atoms with Crippen molar-refractivity contribution in [1.82, 2.24) is 0 Å². The number of carbonyl (C=O) groups is 1. The predicted molar refractivity (Wildman–Crippen MR) is 78.2 cm³/mol. The molecule has 1 aromatic rings. The van der Waals surface area contributed by atoms with Gasteiger partial charge in [-0.1, -0.05) is 37.4 Å². The molecule has 104 valence electrons. The maximum absolute atomic E-state index is 11.4. The Morgan fingerprint density at radius 3 is 2.68 bits per heavy atom. The van der Waals surface area contributed by atoms with E-state index in [1.54, 1.807) is 18.2 Å². The molecular weight excluding hydrogens is 262 g/mol. The zero-order valence-corrected chi connectivity index (χ0v) is 12.2. The summed E-state index contributed by atoms with van der Waals surface area (Å²) in [5, 5.41) is 9.83. The number of halogens is 1. The Morgan fingerprint density at radius 1 is 1.37 bits per heavy atom. The number of hydrogen-bond donors (Lipinski definition) is 1. The molecule has 0 aromatic heterocycles.